The van der Waals surface area contributed by atoms with Crippen LogP contribution in [0.15, 0.2) is 29.9 Å². The first-order valence-electron chi connectivity index (χ1n) is 7.34. The molecule has 0 saturated carbocycles. The first-order chi connectivity index (χ1) is 8.91. The minimum Gasteiger partial charge on any atom is -0.0958 e. The smallest absolute Gasteiger partial charge is 0.0222 e. The van der Waals surface area contributed by atoms with Crippen molar-refractivity contribution in [3.8, 4) is 0 Å². The molecule has 0 atom stereocenters. The molecule has 0 aromatic heterocycles. The topological polar surface area (TPSA) is 0 Å². The minimum atomic E-state index is 1.13. The standard InChI is InChI=1S/C15H20.2C2H6/c1-10(2)11(3)8-15-9-13(5)12(4)7-14(15)6;2*1-2/h7-9H,1H2,2-6H3;2*1-2H3/b11-8-;;. The van der Waals surface area contributed by atoms with Crippen molar-refractivity contribution in [2.24, 2.45) is 0 Å². The molecule has 108 valence electrons. The molecule has 0 saturated heterocycles. The summed E-state index contributed by atoms with van der Waals surface area (Å²) in [4.78, 5) is 0. The van der Waals surface area contributed by atoms with Crippen LogP contribution in [0.2, 0.25) is 0 Å². The van der Waals surface area contributed by atoms with E-state index in [1.165, 1.54) is 27.8 Å². The van der Waals surface area contributed by atoms with Gasteiger partial charge in [-0.1, -0.05) is 58.1 Å². The second-order valence-corrected chi connectivity index (χ2v) is 4.40. The van der Waals surface area contributed by atoms with E-state index in [9.17, 15) is 0 Å². The highest BCUT2D eigenvalue weighted by molar-refractivity contribution is 5.61. The van der Waals surface area contributed by atoms with Gasteiger partial charge in [0.2, 0.25) is 0 Å². The van der Waals surface area contributed by atoms with Crippen LogP contribution in [0.5, 0.6) is 0 Å². The fourth-order valence-corrected chi connectivity index (χ4v) is 1.49. The number of aryl methyl sites for hydroxylation is 3. The van der Waals surface area contributed by atoms with Gasteiger partial charge in [0.05, 0.1) is 0 Å². The van der Waals surface area contributed by atoms with Crippen molar-refractivity contribution in [1.82, 2.24) is 0 Å². The molecule has 0 nitrogen and oxygen atoms in total. The van der Waals surface area contributed by atoms with Crippen molar-refractivity contribution in [1.29, 1.82) is 0 Å². The lowest BCUT2D eigenvalue weighted by Crippen LogP contribution is -1.88. The van der Waals surface area contributed by atoms with E-state index >= 15 is 0 Å². The summed E-state index contributed by atoms with van der Waals surface area (Å²) in [5, 5.41) is 0. The van der Waals surface area contributed by atoms with Gasteiger partial charge in [0.1, 0.15) is 0 Å². The molecule has 0 N–H and O–H groups in total. The number of hydrogen-bond acceptors (Lipinski definition) is 0. The summed E-state index contributed by atoms with van der Waals surface area (Å²) in [6.45, 7) is 22.6. The SMILES string of the molecule is C=C(C)/C(C)=C\c1cc(C)c(C)cc1C.CC.CC. The van der Waals surface area contributed by atoms with Gasteiger partial charge in [-0.05, 0) is 62.4 Å². The van der Waals surface area contributed by atoms with Gasteiger partial charge in [0.25, 0.3) is 0 Å². The second kappa shape index (κ2) is 10.6. The lowest BCUT2D eigenvalue weighted by Gasteiger charge is -2.07. The Morgan fingerprint density at radius 1 is 0.842 bits per heavy atom. The lowest BCUT2D eigenvalue weighted by molar-refractivity contribution is 1.28. The van der Waals surface area contributed by atoms with Gasteiger partial charge in [-0.3, -0.25) is 0 Å². The van der Waals surface area contributed by atoms with Gasteiger partial charge in [-0.15, -0.1) is 0 Å². The zero-order valence-electron chi connectivity index (χ0n) is 14.4. The quantitative estimate of drug-likeness (QED) is 0.523. The monoisotopic (exact) mass is 260 g/mol. The Labute approximate surface area is 121 Å². The van der Waals surface area contributed by atoms with Crippen molar-refractivity contribution in [3.05, 3.63) is 52.1 Å². The Morgan fingerprint density at radius 3 is 1.68 bits per heavy atom. The highest BCUT2D eigenvalue weighted by atomic mass is 14.1. The molecule has 0 heteroatoms. The van der Waals surface area contributed by atoms with Crippen LogP contribution in [0, 0.1) is 20.8 Å². The third kappa shape index (κ3) is 7.00. The molecule has 0 aliphatic heterocycles. The molecule has 0 amide bonds. The fourth-order valence-electron chi connectivity index (χ4n) is 1.49. The molecule has 0 heterocycles. The summed E-state index contributed by atoms with van der Waals surface area (Å²) in [5.74, 6) is 0. The second-order valence-electron chi connectivity index (χ2n) is 4.40. The maximum Gasteiger partial charge on any atom is -0.0222 e. The summed E-state index contributed by atoms with van der Waals surface area (Å²) in [6.07, 6.45) is 2.21. The number of benzene rings is 1. The zero-order valence-corrected chi connectivity index (χ0v) is 14.4. The first kappa shape index (κ1) is 20.0. The Bertz CT molecular complexity index is 420. The summed E-state index contributed by atoms with van der Waals surface area (Å²) >= 11 is 0. The maximum atomic E-state index is 3.95. The highest BCUT2D eigenvalue weighted by Crippen LogP contribution is 2.19. The maximum absolute atomic E-state index is 3.95. The van der Waals surface area contributed by atoms with E-state index in [0.717, 1.165) is 5.57 Å². The molecule has 0 fully saturated rings. The van der Waals surface area contributed by atoms with E-state index < -0.39 is 0 Å². The van der Waals surface area contributed by atoms with Crippen LogP contribution < -0.4 is 0 Å². The molecule has 1 aromatic carbocycles. The predicted molar refractivity (Wildman–Crippen MR) is 91.8 cm³/mol. The molecule has 0 bridgehead atoms. The summed E-state index contributed by atoms with van der Waals surface area (Å²) in [7, 11) is 0. The summed E-state index contributed by atoms with van der Waals surface area (Å²) < 4.78 is 0. The van der Waals surface area contributed by atoms with Crippen LogP contribution in [0.3, 0.4) is 0 Å². The van der Waals surface area contributed by atoms with Crippen molar-refractivity contribution in [2.45, 2.75) is 62.3 Å². The molecule has 0 aliphatic rings. The van der Waals surface area contributed by atoms with Crippen LogP contribution in [0.25, 0.3) is 6.08 Å². The average Bonchev–Trinajstić information content (AvgIpc) is 2.40. The molecule has 1 aromatic rings. The Morgan fingerprint density at radius 2 is 1.26 bits per heavy atom. The molecule has 0 aliphatic carbocycles. The summed E-state index contributed by atoms with van der Waals surface area (Å²) in [6, 6.07) is 4.49. The third-order valence-electron chi connectivity index (χ3n) is 2.93. The van der Waals surface area contributed by atoms with Crippen LogP contribution >= 0.6 is 0 Å². The van der Waals surface area contributed by atoms with E-state index in [-0.39, 0.29) is 0 Å². The van der Waals surface area contributed by atoms with Gasteiger partial charge >= 0.3 is 0 Å². The van der Waals surface area contributed by atoms with Crippen molar-refractivity contribution < 1.29 is 0 Å². The Balaban J connectivity index is 0. The first-order valence-corrected chi connectivity index (χ1v) is 7.34. The van der Waals surface area contributed by atoms with Gasteiger partial charge in [0.15, 0.2) is 0 Å². The van der Waals surface area contributed by atoms with Crippen LogP contribution in [0.1, 0.15) is 63.8 Å². The van der Waals surface area contributed by atoms with Gasteiger partial charge in [-0.25, -0.2) is 0 Å². The van der Waals surface area contributed by atoms with E-state index in [4.69, 9.17) is 0 Å². The van der Waals surface area contributed by atoms with E-state index in [1.807, 2.05) is 34.6 Å². The highest BCUT2D eigenvalue weighted by Gasteiger charge is 2.00. The molecule has 0 radical (unpaired) electrons. The molecular formula is C19H32. The van der Waals surface area contributed by atoms with Crippen LogP contribution in [-0.2, 0) is 0 Å². The Kier molecular flexibility index (Phi) is 11.2. The van der Waals surface area contributed by atoms with Crippen LogP contribution in [-0.4, -0.2) is 0 Å². The normalized spacial score (nSPS) is 9.84. The molecule has 0 spiro atoms. The van der Waals surface area contributed by atoms with E-state index in [1.54, 1.807) is 0 Å². The predicted octanol–water partition coefficient (Wildman–Crippen LogP) is 6.64. The Hall–Kier alpha value is -1.30. The average molecular weight is 260 g/mol. The van der Waals surface area contributed by atoms with Gasteiger partial charge in [-0.2, -0.15) is 0 Å². The van der Waals surface area contributed by atoms with Crippen molar-refractivity contribution in [2.75, 3.05) is 0 Å². The molecule has 19 heavy (non-hydrogen) atoms. The summed E-state index contributed by atoms with van der Waals surface area (Å²) in [5.41, 5.74) is 7.73. The number of allylic oxidation sites excluding steroid dienone is 2. The lowest BCUT2D eigenvalue weighted by atomic mass is 9.98. The molecule has 1 rings (SSSR count). The third-order valence-corrected chi connectivity index (χ3v) is 2.93. The number of hydrogen-bond donors (Lipinski definition) is 0. The zero-order chi connectivity index (χ0) is 15.6. The molecular weight excluding hydrogens is 228 g/mol. The van der Waals surface area contributed by atoms with Crippen molar-refractivity contribution >= 4 is 6.08 Å². The fraction of sp³-hybridized carbons (Fsp3) is 0.474. The van der Waals surface area contributed by atoms with Gasteiger partial charge < -0.3 is 0 Å². The van der Waals surface area contributed by atoms with Crippen LogP contribution in [0.4, 0.5) is 0 Å². The van der Waals surface area contributed by atoms with E-state index in [0.29, 0.717) is 0 Å². The van der Waals surface area contributed by atoms with E-state index in [2.05, 4.69) is 52.5 Å². The van der Waals surface area contributed by atoms with Gasteiger partial charge in [0, 0.05) is 0 Å². The number of rotatable bonds is 2. The largest absolute Gasteiger partial charge is 0.0958 e. The molecule has 0 unspecified atom stereocenters. The van der Waals surface area contributed by atoms with Crippen molar-refractivity contribution in [3.63, 3.8) is 0 Å². The minimum absolute atomic E-state index is 1.13.